The van der Waals surface area contributed by atoms with Gasteiger partial charge in [0.2, 0.25) is 0 Å². The Morgan fingerprint density at radius 2 is 1.84 bits per heavy atom. The van der Waals surface area contributed by atoms with Gasteiger partial charge in [-0.05, 0) is 40.4 Å². The Bertz CT molecular complexity index is 531. The van der Waals surface area contributed by atoms with Crippen molar-refractivity contribution in [3.63, 3.8) is 0 Å². The number of nitrogens with one attached hydrogen (secondary N) is 1. The lowest BCUT2D eigenvalue weighted by Crippen LogP contribution is -2.29. The molecule has 4 heteroatoms. The van der Waals surface area contributed by atoms with Crippen molar-refractivity contribution in [3.05, 3.63) is 69.9 Å². The number of aryl methyl sites for hydroxylation is 1. The highest BCUT2D eigenvalue weighted by atomic mass is 79.9. The van der Waals surface area contributed by atoms with Crippen molar-refractivity contribution in [2.75, 3.05) is 0 Å². The number of hydrogen-bond acceptors (Lipinski definition) is 2. The minimum atomic E-state index is -0.251. The number of hydrogen-bond donors (Lipinski definition) is 2. The maximum absolute atomic E-state index is 14.0. The summed E-state index contributed by atoms with van der Waals surface area (Å²) in [5.41, 5.74) is 4.51. The van der Waals surface area contributed by atoms with Gasteiger partial charge in [-0.3, -0.25) is 11.3 Å². The average molecular weight is 323 g/mol. The summed E-state index contributed by atoms with van der Waals surface area (Å²) in [7, 11) is 0. The van der Waals surface area contributed by atoms with Crippen LogP contribution in [0.5, 0.6) is 0 Å². The lowest BCUT2D eigenvalue weighted by atomic mass is 9.99. The molecule has 0 fully saturated rings. The van der Waals surface area contributed by atoms with E-state index < -0.39 is 0 Å². The number of halogens is 2. The van der Waals surface area contributed by atoms with Gasteiger partial charge < -0.3 is 0 Å². The first-order valence-electron chi connectivity index (χ1n) is 6.16. The summed E-state index contributed by atoms with van der Waals surface area (Å²) in [6, 6.07) is 15.2. The van der Waals surface area contributed by atoms with E-state index in [1.54, 1.807) is 12.1 Å². The number of hydrazine groups is 1. The molecule has 2 nitrogen and oxygen atoms in total. The van der Waals surface area contributed by atoms with Gasteiger partial charge in [-0.2, -0.15) is 0 Å². The summed E-state index contributed by atoms with van der Waals surface area (Å²) < 4.78 is 14.5. The molecule has 0 amide bonds. The first-order chi connectivity index (χ1) is 9.22. The molecule has 0 saturated heterocycles. The smallest absolute Gasteiger partial charge is 0.142 e. The molecule has 0 aliphatic heterocycles. The second-order valence-electron chi connectivity index (χ2n) is 4.39. The van der Waals surface area contributed by atoms with Gasteiger partial charge in [0, 0.05) is 11.6 Å². The van der Waals surface area contributed by atoms with E-state index in [1.807, 2.05) is 24.3 Å². The molecule has 0 saturated carbocycles. The Labute approximate surface area is 120 Å². The predicted octanol–water partition coefficient (Wildman–Crippen LogP) is 3.73. The largest absolute Gasteiger partial charge is 0.271 e. The minimum Gasteiger partial charge on any atom is -0.271 e. The maximum atomic E-state index is 14.0. The van der Waals surface area contributed by atoms with E-state index in [0.29, 0.717) is 10.0 Å². The van der Waals surface area contributed by atoms with Crippen molar-refractivity contribution in [1.82, 2.24) is 5.43 Å². The van der Waals surface area contributed by atoms with Gasteiger partial charge in [0.1, 0.15) is 5.82 Å². The molecular weight excluding hydrogens is 307 g/mol. The first kappa shape index (κ1) is 14.2. The normalized spacial score (nSPS) is 12.4. The van der Waals surface area contributed by atoms with Gasteiger partial charge in [0.15, 0.2) is 0 Å². The monoisotopic (exact) mass is 322 g/mol. The van der Waals surface area contributed by atoms with Crippen LogP contribution in [0.25, 0.3) is 0 Å². The van der Waals surface area contributed by atoms with Gasteiger partial charge in [-0.15, -0.1) is 0 Å². The van der Waals surface area contributed by atoms with Crippen molar-refractivity contribution >= 4 is 15.9 Å². The van der Waals surface area contributed by atoms with Crippen LogP contribution in [0.3, 0.4) is 0 Å². The predicted molar refractivity (Wildman–Crippen MR) is 78.9 cm³/mol. The molecule has 2 aromatic rings. The zero-order valence-electron chi connectivity index (χ0n) is 10.4. The van der Waals surface area contributed by atoms with E-state index in [2.05, 4.69) is 33.5 Å². The molecule has 100 valence electrons. The summed E-state index contributed by atoms with van der Waals surface area (Å²) in [6.45, 7) is 0. The van der Waals surface area contributed by atoms with Gasteiger partial charge in [-0.25, -0.2) is 4.39 Å². The molecule has 1 atom stereocenters. The lowest BCUT2D eigenvalue weighted by Gasteiger charge is -2.17. The van der Waals surface area contributed by atoms with Crippen molar-refractivity contribution in [1.29, 1.82) is 0 Å². The third kappa shape index (κ3) is 3.62. The summed E-state index contributed by atoms with van der Waals surface area (Å²) in [5.74, 6) is 5.30. The molecule has 2 rings (SSSR count). The fourth-order valence-corrected chi connectivity index (χ4v) is 2.46. The Morgan fingerprint density at radius 3 is 2.53 bits per heavy atom. The van der Waals surface area contributed by atoms with Crippen LogP contribution < -0.4 is 11.3 Å². The van der Waals surface area contributed by atoms with Crippen LogP contribution in [0.4, 0.5) is 4.39 Å². The molecule has 0 heterocycles. The molecule has 0 aliphatic carbocycles. The van der Waals surface area contributed by atoms with E-state index in [1.165, 1.54) is 5.56 Å². The maximum Gasteiger partial charge on any atom is 0.142 e. The van der Waals surface area contributed by atoms with Crippen molar-refractivity contribution < 1.29 is 4.39 Å². The molecule has 0 bridgehead atoms. The van der Waals surface area contributed by atoms with E-state index in [-0.39, 0.29) is 11.9 Å². The third-order valence-electron chi connectivity index (χ3n) is 3.12. The van der Waals surface area contributed by atoms with Crippen LogP contribution in [0.2, 0.25) is 0 Å². The quantitative estimate of drug-likeness (QED) is 0.650. The fourth-order valence-electron chi connectivity index (χ4n) is 2.07. The molecule has 0 spiro atoms. The first-order valence-corrected chi connectivity index (χ1v) is 6.95. The van der Waals surface area contributed by atoms with E-state index >= 15 is 0 Å². The highest BCUT2D eigenvalue weighted by molar-refractivity contribution is 9.10. The summed E-state index contributed by atoms with van der Waals surface area (Å²) >= 11 is 3.20. The third-order valence-corrected chi connectivity index (χ3v) is 3.74. The SMILES string of the molecule is NNC(CCc1ccccc1)c1cccc(Br)c1F. The van der Waals surface area contributed by atoms with E-state index in [4.69, 9.17) is 5.84 Å². The van der Waals surface area contributed by atoms with Crippen molar-refractivity contribution in [2.45, 2.75) is 18.9 Å². The highest BCUT2D eigenvalue weighted by Gasteiger charge is 2.15. The van der Waals surface area contributed by atoms with Crippen molar-refractivity contribution in [3.8, 4) is 0 Å². The standard InChI is InChI=1S/C15H16BrFN2/c16-13-8-4-7-12(15(13)17)14(19-18)10-9-11-5-2-1-3-6-11/h1-8,14,19H,9-10,18H2. The molecule has 19 heavy (non-hydrogen) atoms. The fraction of sp³-hybridized carbons (Fsp3) is 0.200. The number of rotatable bonds is 5. The van der Waals surface area contributed by atoms with Gasteiger partial charge >= 0.3 is 0 Å². The second kappa shape index (κ2) is 6.80. The van der Waals surface area contributed by atoms with Crippen LogP contribution in [-0.2, 0) is 6.42 Å². The minimum absolute atomic E-state index is 0.197. The molecular formula is C15H16BrFN2. The lowest BCUT2D eigenvalue weighted by molar-refractivity contribution is 0.483. The van der Waals surface area contributed by atoms with E-state index in [0.717, 1.165) is 12.8 Å². The summed E-state index contributed by atoms with van der Waals surface area (Å²) in [6.07, 6.45) is 1.59. The van der Waals surface area contributed by atoms with Gasteiger partial charge in [0.05, 0.1) is 4.47 Å². The van der Waals surface area contributed by atoms with Gasteiger partial charge in [-0.1, -0.05) is 42.5 Å². The molecule has 0 radical (unpaired) electrons. The Kier molecular flexibility index (Phi) is 5.07. The molecule has 2 aromatic carbocycles. The van der Waals surface area contributed by atoms with Crippen molar-refractivity contribution in [2.24, 2.45) is 5.84 Å². The zero-order chi connectivity index (χ0) is 13.7. The highest BCUT2D eigenvalue weighted by Crippen LogP contribution is 2.26. The molecule has 1 unspecified atom stereocenters. The topological polar surface area (TPSA) is 38.0 Å². The van der Waals surface area contributed by atoms with E-state index in [9.17, 15) is 4.39 Å². The Morgan fingerprint density at radius 1 is 1.11 bits per heavy atom. The number of nitrogens with two attached hydrogens (primary N) is 1. The molecule has 0 aromatic heterocycles. The Hall–Kier alpha value is -1.23. The van der Waals surface area contributed by atoms with Crippen LogP contribution >= 0.6 is 15.9 Å². The Balaban J connectivity index is 2.10. The summed E-state index contributed by atoms with van der Waals surface area (Å²) in [5, 5.41) is 0. The van der Waals surface area contributed by atoms with Gasteiger partial charge in [0.25, 0.3) is 0 Å². The molecule has 3 N–H and O–H groups in total. The zero-order valence-corrected chi connectivity index (χ0v) is 12.0. The van der Waals surface area contributed by atoms with Crippen LogP contribution in [0.15, 0.2) is 53.0 Å². The van der Waals surface area contributed by atoms with Crippen LogP contribution in [0, 0.1) is 5.82 Å². The average Bonchev–Trinajstić information content (AvgIpc) is 2.45. The summed E-state index contributed by atoms with van der Waals surface area (Å²) in [4.78, 5) is 0. The second-order valence-corrected chi connectivity index (χ2v) is 5.24. The molecule has 0 aliphatic rings. The van der Waals surface area contributed by atoms with Crippen LogP contribution in [-0.4, -0.2) is 0 Å². The number of benzene rings is 2. The van der Waals surface area contributed by atoms with Crippen LogP contribution in [0.1, 0.15) is 23.6 Å².